The molecule has 0 fully saturated rings. The average molecular weight is 389 g/mol. The number of ether oxygens (including phenoxy) is 1. The van der Waals surface area contributed by atoms with Gasteiger partial charge >= 0.3 is 5.97 Å². The number of nitrogens with zero attached hydrogens (tertiary/aromatic N) is 1. The minimum atomic E-state index is -0.505. The van der Waals surface area contributed by atoms with Gasteiger partial charge in [-0.1, -0.05) is 35.9 Å². The normalized spacial score (nSPS) is 10.2. The number of carbonyl (C=O) groups is 3. The summed E-state index contributed by atoms with van der Waals surface area (Å²) in [6.07, 6.45) is 0.0436. The third-order valence-electron chi connectivity index (χ3n) is 3.78. The summed E-state index contributed by atoms with van der Waals surface area (Å²) in [5.74, 6) is -1.05. The van der Waals surface area contributed by atoms with E-state index in [9.17, 15) is 14.4 Å². The molecule has 0 aliphatic carbocycles. The molecule has 1 N–H and O–H groups in total. The number of carbonyl (C=O) groups excluding carboxylic acids is 3. The number of amides is 2. The molecule has 0 saturated heterocycles. The summed E-state index contributed by atoms with van der Waals surface area (Å²) in [6, 6.07) is 13.6. The van der Waals surface area contributed by atoms with Gasteiger partial charge in [0.25, 0.3) is 0 Å². The van der Waals surface area contributed by atoms with Crippen LogP contribution < -0.4 is 10.2 Å². The van der Waals surface area contributed by atoms with Crippen molar-refractivity contribution in [1.82, 2.24) is 0 Å². The largest absolute Gasteiger partial charge is 0.462 e. The van der Waals surface area contributed by atoms with E-state index in [0.29, 0.717) is 16.4 Å². The lowest BCUT2D eigenvalue weighted by atomic mass is 10.1. The van der Waals surface area contributed by atoms with E-state index in [1.807, 2.05) is 0 Å². The molecule has 0 radical (unpaired) electrons. The SMILES string of the molecule is CCOC(=O)c1ccccc1NC(=O)CCN(C(C)=O)c1ccccc1Cl. The summed E-state index contributed by atoms with van der Waals surface area (Å²) in [6.45, 7) is 3.53. The third kappa shape index (κ3) is 5.56. The average Bonchev–Trinajstić information content (AvgIpc) is 2.63. The molecule has 2 aromatic rings. The maximum atomic E-state index is 12.4. The van der Waals surface area contributed by atoms with E-state index >= 15 is 0 Å². The first-order valence-corrected chi connectivity index (χ1v) is 8.90. The van der Waals surface area contributed by atoms with Crippen molar-refractivity contribution in [2.45, 2.75) is 20.3 Å². The van der Waals surface area contributed by atoms with Crippen LogP contribution in [0.1, 0.15) is 30.6 Å². The van der Waals surface area contributed by atoms with Crippen molar-refractivity contribution in [3.05, 3.63) is 59.1 Å². The van der Waals surface area contributed by atoms with Crippen LogP contribution in [0.3, 0.4) is 0 Å². The van der Waals surface area contributed by atoms with E-state index in [4.69, 9.17) is 16.3 Å². The molecule has 0 aromatic heterocycles. The molecule has 0 spiro atoms. The molecule has 0 atom stereocenters. The molecule has 142 valence electrons. The van der Waals surface area contributed by atoms with Crippen LogP contribution in [0.25, 0.3) is 0 Å². The summed E-state index contributed by atoms with van der Waals surface area (Å²) in [5.41, 5.74) is 1.20. The van der Waals surface area contributed by atoms with Crippen molar-refractivity contribution in [2.75, 3.05) is 23.4 Å². The highest BCUT2D eigenvalue weighted by Gasteiger charge is 2.17. The summed E-state index contributed by atoms with van der Waals surface area (Å²) in [7, 11) is 0. The quantitative estimate of drug-likeness (QED) is 0.730. The Bertz CT molecular complexity index is 838. The zero-order valence-corrected chi connectivity index (χ0v) is 16.0. The Kier molecular flexibility index (Phi) is 7.37. The molecular weight excluding hydrogens is 368 g/mol. The minimum absolute atomic E-state index is 0.0436. The molecule has 2 aromatic carbocycles. The lowest BCUT2D eigenvalue weighted by Crippen LogP contribution is -2.32. The molecule has 0 bridgehead atoms. The van der Waals surface area contributed by atoms with Crippen LogP contribution in [-0.4, -0.2) is 30.9 Å². The van der Waals surface area contributed by atoms with Crippen molar-refractivity contribution < 1.29 is 19.1 Å². The number of hydrogen-bond acceptors (Lipinski definition) is 4. The minimum Gasteiger partial charge on any atom is -0.462 e. The number of benzene rings is 2. The fraction of sp³-hybridized carbons (Fsp3) is 0.250. The zero-order valence-electron chi connectivity index (χ0n) is 15.2. The van der Waals surface area contributed by atoms with Gasteiger partial charge < -0.3 is 15.0 Å². The lowest BCUT2D eigenvalue weighted by molar-refractivity contribution is -0.117. The highest BCUT2D eigenvalue weighted by molar-refractivity contribution is 6.33. The summed E-state index contributed by atoms with van der Waals surface area (Å²) < 4.78 is 4.99. The lowest BCUT2D eigenvalue weighted by Gasteiger charge is -2.22. The Labute approximate surface area is 163 Å². The van der Waals surface area contributed by atoms with Crippen molar-refractivity contribution >= 4 is 40.8 Å². The number of esters is 1. The Morgan fingerprint density at radius 1 is 1.07 bits per heavy atom. The van der Waals surface area contributed by atoms with Crippen molar-refractivity contribution in [2.24, 2.45) is 0 Å². The third-order valence-corrected chi connectivity index (χ3v) is 4.10. The molecular formula is C20H21ClN2O4. The van der Waals surface area contributed by atoms with Gasteiger partial charge in [-0.2, -0.15) is 0 Å². The van der Waals surface area contributed by atoms with Crippen LogP contribution in [0.4, 0.5) is 11.4 Å². The molecule has 6 nitrogen and oxygen atoms in total. The van der Waals surface area contributed by atoms with Crippen LogP contribution in [0.5, 0.6) is 0 Å². The molecule has 2 rings (SSSR count). The molecule has 0 heterocycles. The van der Waals surface area contributed by atoms with E-state index in [0.717, 1.165) is 0 Å². The predicted molar refractivity (Wildman–Crippen MR) is 105 cm³/mol. The second-order valence-corrected chi connectivity index (χ2v) is 6.09. The summed E-state index contributed by atoms with van der Waals surface area (Å²) in [4.78, 5) is 37.7. The molecule has 2 amide bonds. The fourth-order valence-corrected chi connectivity index (χ4v) is 2.76. The number of anilines is 2. The molecule has 27 heavy (non-hydrogen) atoms. The van der Waals surface area contributed by atoms with Gasteiger partial charge in [-0.15, -0.1) is 0 Å². The van der Waals surface area contributed by atoms with E-state index in [2.05, 4.69) is 5.32 Å². The van der Waals surface area contributed by atoms with E-state index in [1.165, 1.54) is 11.8 Å². The molecule has 0 aliphatic heterocycles. The second-order valence-electron chi connectivity index (χ2n) is 5.69. The van der Waals surface area contributed by atoms with Crippen molar-refractivity contribution in [3.63, 3.8) is 0 Å². The van der Waals surface area contributed by atoms with Crippen LogP contribution in [0.2, 0.25) is 5.02 Å². The first kappa shape index (κ1) is 20.5. The van der Waals surface area contributed by atoms with Crippen molar-refractivity contribution in [3.8, 4) is 0 Å². The smallest absolute Gasteiger partial charge is 0.340 e. The van der Waals surface area contributed by atoms with Crippen LogP contribution in [0, 0.1) is 0 Å². The summed E-state index contributed by atoms with van der Waals surface area (Å²) in [5, 5.41) is 3.13. The molecule has 7 heteroatoms. The topological polar surface area (TPSA) is 75.7 Å². The Balaban J connectivity index is 2.07. The number of para-hydroxylation sites is 2. The number of nitrogens with one attached hydrogen (secondary N) is 1. The monoisotopic (exact) mass is 388 g/mol. The first-order chi connectivity index (χ1) is 12.9. The molecule has 0 unspecified atom stereocenters. The Morgan fingerprint density at radius 2 is 1.74 bits per heavy atom. The van der Waals surface area contributed by atoms with E-state index in [1.54, 1.807) is 55.5 Å². The number of rotatable bonds is 7. The maximum Gasteiger partial charge on any atom is 0.340 e. The molecule has 0 saturated carbocycles. The highest BCUT2D eigenvalue weighted by Crippen LogP contribution is 2.25. The van der Waals surface area contributed by atoms with Gasteiger partial charge in [0.15, 0.2) is 0 Å². The van der Waals surface area contributed by atoms with Gasteiger partial charge in [0.05, 0.1) is 28.6 Å². The maximum absolute atomic E-state index is 12.4. The Hall–Kier alpha value is -2.86. The highest BCUT2D eigenvalue weighted by atomic mass is 35.5. The van der Waals surface area contributed by atoms with Crippen LogP contribution in [0.15, 0.2) is 48.5 Å². The van der Waals surface area contributed by atoms with Gasteiger partial charge in [-0.3, -0.25) is 9.59 Å². The van der Waals surface area contributed by atoms with Gasteiger partial charge in [-0.05, 0) is 31.2 Å². The van der Waals surface area contributed by atoms with Gasteiger partial charge in [0, 0.05) is 19.9 Å². The van der Waals surface area contributed by atoms with Gasteiger partial charge in [0.1, 0.15) is 0 Å². The summed E-state index contributed by atoms with van der Waals surface area (Å²) >= 11 is 6.15. The second kappa shape index (κ2) is 9.73. The van der Waals surface area contributed by atoms with Gasteiger partial charge in [0.2, 0.25) is 11.8 Å². The Morgan fingerprint density at radius 3 is 2.41 bits per heavy atom. The van der Waals surface area contributed by atoms with E-state index < -0.39 is 5.97 Å². The van der Waals surface area contributed by atoms with Crippen molar-refractivity contribution in [1.29, 1.82) is 0 Å². The standard InChI is InChI=1S/C20H21ClN2O4/c1-3-27-20(26)15-8-4-6-10-17(15)22-19(25)12-13-23(14(2)24)18-11-7-5-9-16(18)21/h4-11H,3,12-13H2,1-2H3,(H,22,25). The number of hydrogen-bond donors (Lipinski definition) is 1. The molecule has 0 aliphatic rings. The fourth-order valence-electron chi connectivity index (χ4n) is 2.52. The first-order valence-electron chi connectivity index (χ1n) is 8.52. The predicted octanol–water partition coefficient (Wildman–Crippen LogP) is 3.90. The van der Waals surface area contributed by atoms with Crippen LogP contribution in [-0.2, 0) is 14.3 Å². The van der Waals surface area contributed by atoms with E-state index in [-0.39, 0.29) is 37.0 Å². The van der Waals surface area contributed by atoms with Crippen LogP contribution >= 0.6 is 11.6 Å². The zero-order chi connectivity index (χ0) is 19.8. The number of halogens is 1. The van der Waals surface area contributed by atoms with Gasteiger partial charge in [-0.25, -0.2) is 4.79 Å².